The van der Waals surface area contributed by atoms with Crippen LogP contribution >= 0.6 is 23.1 Å². The van der Waals surface area contributed by atoms with Crippen LogP contribution in [-0.2, 0) is 14.4 Å². The summed E-state index contributed by atoms with van der Waals surface area (Å²) in [7, 11) is 1.49. The Kier molecular flexibility index (Phi) is 7.42. The maximum atomic E-state index is 14.0. The van der Waals surface area contributed by atoms with Crippen LogP contribution < -0.4 is 24.6 Å². The van der Waals surface area contributed by atoms with Crippen LogP contribution in [0.3, 0.4) is 0 Å². The standard InChI is InChI=1S/C34H27N3O6S2/c1-18-10-13-21(14-11-18)37-32(39)28-27(29-31(36-34(41)45-29)44-30(28)33(37)40)20-12-15-24(25(16-20)42-2)43-17-26(38)35-23-9-5-7-19-6-3-4-8-22(19)23/h3-16,27-28,30H,17H2,1-2H3,(H,35,38)(H,36,41). The van der Waals surface area contributed by atoms with Crippen molar-refractivity contribution in [3.63, 3.8) is 0 Å². The molecule has 0 bridgehead atoms. The molecule has 5 aromatic rings. The predicted molar refractivity (Wildman–Crippen MR) is 175 cm³/mol. The minimum atomic E-state index is -0.731. The minimum absolute atomic E-state index is 0.253. The van der Waals surface area contributed by atoms with Gasteiger partial charge in [-0.15, -0.1) is 0 Å². The molecule has 11 heteroatoms. The highest BCUT2D eigenvalue weighted by Gasteiger charge is 2.56. The van der Waals surface area contributed by atoms with Crippen molar-refractivity contribution in [2.45, 2.75) is 23.1 Å². The van der Waals surface area contributed by atoms with Crippen molar-refractivity contribution in [2.75, 3.05) is 23.9 Å². The largest absolute Gasteiger partial charge is 0.493 e. The number of hydrogen-bond acceptors (Lipinski definition) is 8. The van der Waals surface area contributed by atoms with E-state index in [1.54, 1.807) is 30.3 Å². The molecule has 226 valence electrons. The van der Waals surface area contributed by atoms with Gasteiger partial charge in [-0.05, 0) is 48.2 Å². The lowest BCUT2D eigenvalue weighted by Crippen LogP contribution is -2.32. The summed E-state index contributed by atoms with van der Waals surface area (Å²) in [5.41, 5.74) is 2.91. The molecule has 0 spiro atoms. The first-order valence-electron chi connectivity index (χ1n) is 14.2. The average Bonchev–Trinajstić information content (AvgIpc) is 3.54. The number of imide groups is 1. The second-order valence-corrected chi connectivity index (χ2v) is 13.0. The molecule has 2 N–H and O–H groups in total. The maximum Gasteiger partial charge on any atom is 0.305 e. The molecule has 0 radical (unpaired) electrons. The molecule has 0 aliphatic carbocycles. The summed E-state index contributed by atoms with van der Waals surface area (Å²) in [5.74, 6) is -1.57. The van der Waals surface area contributed by atoms with Gasteiger partial charge in [0.1, 0.15) is 5.25 Å². The molecule has 1 aromatic heterocycles. The smallest absolute Gasteiger partial charge is 0.305 e. The number of thioether (sulfide) groups is 1. The number of nitrogens with zero attached hydrogens (tertiary/aromatic N) is 1. The molecule has 3 heterocycles. The first-order chi connectivity index (χ1) is 21.8. The second-order valence-electron chi connectivity index (χ2n) is 10.9. The van der Waals surface area contributed by atoms with Crippen molar-refractivity contribution in [3.8, 4) is 11.5 Å². The number of aryl methyl sites for hydroxylation is 1. The number of aromatic nitrogens is 1. The molecule has 2 aliphatic heterocycles. The van der Waals surface area contributed by atoms with Crippen LogP contribution in [0.25, 0.3) is 10.8 Å². The van der Waals surface area contributed by atoms with Crippen LogP contribution in [-0.4, -0.2) is 41.7 Å². The topological polar surface area (TPSA) is 118 Å². The van der Waals surface area contributed by atoms with Crippen LogP contribution in [0.1, 0.15) is 21.9 Å². The van der Waals surface area contributed by atoms with Crippen molar-refractivity contribution >= 4 is 63.0 Å². The molecule has 7 rings (SSSR count). The van der Waals surface area contributed by atoms with Gasteiger partial charge in [-0.3, -0.25) is 19.2 Å². The summed E-state index contributed by atoms with van der Waals surface area (Å²) in [5, 5.41) is 4.73. The lowest BCUT2D eigenvalue weighted by atomic mass is 9.83. The van der Waals surface area contributed by atoms with Crippen molar-refractivity contribution in [1.29, 1.82) is 0 Å². The van der Waals surface area contributed by atoms with Gasteiger partial charge in [-0.1, -0.05) is 83.3 Å². The third-order valence-electron chi connectivity index (χ3n) is 8.09. The number of H-pyrrole nitrogens is 1. The Bertz CT molecular complexity index is 2030. The van der Waals surface area contributed by atoms with E-state index in [4.69, 9.17) is 9.47 Å². The maximum absolute atomic E-state index is 14.0. The number of nitrogens with one attached hydrogen (secondary N) is 2. The number of benzene rings is 4. The van der Waals surface area contributed by atoms with Gasteiger partial charge in [0.2, 0.25) is 11.8 Å². The Balaban J connectivity index is 1.16. The molecule has 3 unspecified atom stereocenters. The van der Waals surface area contributed by atoms with E-state index in [-0.39, 0.29) is 29.2 Å². The first kappa shape index (κ1) is 28.9. The van der Waals surface area contributed by atoms with Gasteiger partial charge in [-0.25, -0.2) is 4.90 Å². The van der Waals surface area contributed by atoms with Gasteiger partial charge < -0.3 is 19.8 Å². The molecule has 45 heavy (non-hydrogen) atoms. The van der Waals surface area contributed by atoms with E-state index in [0.717, 1.165) is 27.7 Å². The monoisotopic (exact) mass is 637 g/mol. The SMILES string of the molecule is COc1cc(C2c3sc(=O)[nH]c3SC3C(=O)N(c4ccc(C)cc4)C(=O)C32)ccc1OCC(=O)Nc1cccc2ccccc12. The fourth-order valence-electron chi connectivity index (χ4n) is 5.99. The van der Waals surface area contributed by atoms with E-state index in [2.05, 4.69) is 10.3 Å². The number of thiazole rings is 1. The third kappa shape index (κ3) is 5.17. The predicted octanol–water partition coefficient (Wildman–Crippen LogP) is 5.72. The number of ether oxygens (including phenoxy) is 2. The summed E-state index contributed by atoms with van der Waals surface area (Å²) in [4.78, 5) is 57.5. The number of aromatic amines is 1. The Hall–Kier alpha value is -4.87. The number of amides is 3. The van der Waals surface area contributed by atoms with Crippen molar-refractivity contribution in [3.05, 3.63) is 111 Å². The normalized spacial score (nSPS) is 18.9. The van der Waals surface area contributed by atoms with E-state index < -0.39 is 17.1 Å². The summed E-state index contributed by atoms with van der Waals surface area (Å²) < 4.78 is 11.5. The Morgan fingerprint density at radius 3 is 2.51 bits per heavy atom. The first-order valence-corrected chi connectivity index (χ1v) is 15.9. The fourth-order valence-corrected chi connectivity index (χ4v) is 8.50. The summed E-state index contributed by atoms with van der Waals surface area (Å²) in [6.45, 7) is 1.68. The van der Waals surface area contributed by atoms with E-state index in [9.17, 15) is 19.2 Å². The highest BCUT2D eigenvalue weighted by molar-refractivity contribution is 8.00. The molecule has 1 saturated heterocycles. The third-order valence-corrected chi connectivity index (χ3v) is 10.5. The van der Waals surface area contributed by atoms with Gasteiger partial charge in [-0.2, -0.15) is 0 Å². The Morgan fingerprint density at radius 1 is 0.933 bits per heavy atom. The number of anilines is 2. The van der Waals surface area contributed by atoms with Crippen LogP contribution in [0.5, 0.6) is 11.5 Å². The molecule has 4 aromatic carbocycles. The Morgan fingerprint density at radius 2 is 1.71 bits per heavy atom. The molecule has 9 nitrogen and oxygen atoms in total. The van der Waals surface area contributed by atoms with Crippen LogP contribution in [0.2, 0.25) is 0 Å². The van der Waals surface area contributed by atoms with Crippen LogP contribution in [0.4, 0.5) is 11.4 Å². The van der Waals surface area contributed by atoms with Gasteiger partial charge in [0.15, 0.2) is 18.1 Å². The fraction of sp³-hybridized carbons (Fsp3) is 0.176. The van der Waals surface area contributed by atoms with Gasteiger partial charge in [0.05, 0.1) is 23.7 Å². The minimum Gasteiger partial charge on any atom is -0.493 e. The van der Waals surface area contributed by atoms with Crippen molar-refractivity contribution in [1.82, 2.24) is 4.98 Å². The van der Waals surface area contributed by atoms with E-state index in [1.165, 1.54) is 23.8 Å². The molecule has 1 fully saturated rings. The zero-order chi connectivity index (χ0) is 31.2. The van der Waals surface area contributed by atoms with Crippen molar-refractivity contribution < 1.29 is 23.9 Å². The summed E-state index contributed by atoms with van der Waals surface area (Å²) in [6.07, 6.45) is 0. The zero-order valence-electron chi connectivity index (χ0n) is 24.2. The number of hydrogen-bond donors (Lipinski definition) is 2. The van der Waals surface area contributed by atoms with Crippen LogP contribution in [0, 0.1) is 12.8 Å². The second kappa shape index (κ2) is 11.6. The van der Waals surface area contributed by atoms with E-state index >= 15 is 0 Å². The number of carbonyl (C=O) groups is 3. The number of fused-ring (bicyclic) bond motifs is 3. The average molecular weight is 638 g/mol. The number of carbonyl (C=O) groups excluding carboxylic acids is 3. The molecular formula is C34H27N3O6S2. The molecular weight excluding hydrogens is 611 g/mol. The number of methoxy groups -OCH3 is 1. The van der Waals surface area contributed by atoms with E-state index in [0.29, 0.717) is 38.3 Å². The Labute approximate surface area is 266 Å². The highest BCUT2D eigenvalue weighted by Crippen LogP contribution is 2.53. The highest BCUT2D eigenvalue weighted by atomic mass is 32.2. The van der Waals surface area contributed by atoms with Gasteiger partial charge >= 0.3 is 4.87 Å². The molecule has 3 atom stereocenters. The quantitative estimate of drug-likeness (QED) is 0.219. The molecule has 0 saturated carbocycles. The number of rotatable bonds is 7. The zero-order valence-corrected chi connectivity index (χ0v) is 25.9. The van der Waals surface area contributed by atoms with Gasteiger partial charge in [0.25, 0.3) is 5.91 Å². The lowest BCUT2D eigenvalue weighted by Gasteiger charge is -2.30. The lowest BCUT2D eigenvalue weighted by molar-refractivity contribution is -0.122. The molecule has 2 aliphatic rings. The van der Waals surface area contributed by atoms with Crippen molar-refractivity contribution in [2.24, 2.45) is 5.92 Å². The summed E-state index contributed by atoms with van der Waals surface area (Å²) in [6, 6.07) is 26.0. The summed E-state index contributed by atoms with van der Waals surface area (Å²) >= 11 is 2.27. The van der Waals surface area contributed by atoms with E-state index in [1.807, 2.05) is 61.5 Å². The van der Waals surface area contributed by atoms with Gasteiger partial charge in [0, 0.05) is 21.9 Å². The van der Waals surface area contributed by atoms with Crippen LogP contribution in [0.15, 0.2) is 94.7 Å². The molecule has 3 amide bonds.